The molecule has 0 N–H and O–H groups in total. The zero-order valence-electron chi connectivity index (χ0n) is 14.3. The van der Waals surface area contributed by atoms with Crippen LogP contribution in [0.5, 0.6) is 0 Å². The molecule has 2 heterocycles. The van der Waals surface area contributed by atoms with Crippen molar-refractivity contribution >= 4 is 50.0 Å². The van der Waals surface area contributed by atoms with E-state index in [0.29, 0.717) is 0 Å². The molecule has 0 unspecified atom stereocenters. The Bertz CT molecular complexity index is 916. The molecule has 148 valence electrons. The first-order valence-electron chi connectivity index (χ1n) is 8.04. The second kappa shape index (κ2) is 6.97. The number of sulfone groups is 1. The van der Waals surface area contributed by atoms with E-state index in [0.717, 1.165) is 30.0 Å². The number of alkyl halides is 3. The zero-order chi connectivity index (χ0) is 20.1. The third kappa shape index (κ3) is 4.12. The number of anilines is 1. The van der Waals surface area contributed by atoms with Crippen molar-refractivity contribution in [3.05, 3.63) is 28.8 Å². The molecule has 1 aromatic carbocycles. The van der Waals surface area contributed by atoms with Crippen LogP contribution in [0.3, 0.4) is 0 Å². The molecule has 3 rings (SSSR count). The number of halogens is 4. The summed E-state index contributed by atoms with van der Waals surface area (Å²) in [6.45, 7) is 3.30. The van der Waals surface area contributed by atoms with Gasteiger partial charge < -0.3 is 4.90 Å². The van der Waals surface area contributed by atoms with E-state index >= 15 is 0 Å². The summed E-state index contributed by atoms with van der Waals surface area (Å²) in [5.41, 5.74) is -0.912. The molecule has 2 aliphatic rings. The molecule has 0 bridgehead atoms. The van der Waals surface area contributed by atoms with Gasteiger partial charge in [-0.2, -0.15) is 18.2 Å². The van der Waals surface area contributed by atoms with E-state index in [1.54, 1.807) is 13.8 Å². The number of hydrogen-bond acceptors (Lipinski definition) is 4. The Morgan fingerprint density at radius 1 is 1.33 bits per heavy atom. The molecular weight excluding hydrogens is 425 g/mol. The molecule has 1 aromatic rings. The first-order valence-corrected chi connectivity index (χ1v) is 11.1. The number of amidine groups is 1. The highest BCUT2D eigenvalue weighted by Crippen LogP contribution is 2.44. The minimum Gasteiger partial charge on any atom is -0.314 e. The Kier molecular flexibility index (Phi) is 5.28. The van der Waals surface area contributed by atoms with Gasteiger partial charge in [-0.1, -0.05) is 37.2 Å². The van der Waals surface area contributed by atoms with Gasteiger partial charge >= 0.3 is 6.18 Å². The molecule has 11 heteroatoms. The summed E-state index contributed by atoms with van der Waals surface area (Å²) >= 11 is 7.23. The average molecular weight is 441 g/mol. The van der Waals surface area contributed by atoms with Crippen LogP contribution in [0.25, 0.3) is 0 Å². The van der Waals surface area contributed by atoms with Gasteiger partial charge in [0.2, 0.25) is 0 Å². The van der Waals surface area contributed by atoms with E-state index in [9.17, 15) is 26.4 Å². The summed E-state index contributed by atoms with van der Waals surface area (Å²) in [7, 11) is -3.33. The number of thioether (sulfide) groups is 1. The van der Waals surface area contributed by atoms with Gasteiger partial charge in [0.25, 0.3) is 5.91 Å². The number of benzene rings is 1. The zero-order valence-corrected chi connectivity index (χ0v) is 16.7. The maximum Gasteiger partial charge on any atom is 0.416 e. The van der Waals surface area contributed by atoms with E-state index in [2.05, 4.69) is 4.99 Å². The fourth-order valence-electron chi connectivity index (χ4n) is 2.94. The van der Waals surface area contributed by atoms with Gasteiger partial charge in [0.15, 0.2) is 15.0 Å². The number of nitrogens with zero attached hydrogens (tertiary/aromatic N) is 2. The summed E-state index contributed by atoms with van der Waals surface area (Å²) in [4.78, 5) is 17.5. The average Bonchev–Trinajstić information content (AvgIpc) is 2.97. The lowest BCUT2D eigenvalue weighted by atomic mass is 10.1. The predicted octanol–water partition coefficient (Wildman–Crippen LogP) is 3.62. The molecule has 0 saturated carbocycles. The largest absolute Gasteiger partial charge is 0.416 e. The smallest absolute Gasteiger partial charge is 0.314 e. The predicted molar refractivity (Wildman–Crippen MR) is 100 cm³/mol. The van der Waals surface area contributed by atoms with Crippen molar-refractivity contribution in [3.63, 3.8) is 0 Å². The second-order valence-corrected chi connectivity index (χ2v) is 10.5. The van der Waals surface area contributed by atoms with Crippen LogP contribution >= 0.6 is 23.4 Å². The minimum absolute atomic E-state index is 0.00102. The molecule has 2 atom stereocenters. The SMILES string of the molecule is CC(C)C(=O)N=C1S[C@H]2CS(=O)(=O)C[C@@H]2N1c1cc(C(F)(F)F)ccc1Cl. The topological polar surface area (TPSA) is 66.8 Å². The Balaban J connectivity index is 2.12. The van der Waals surface area contributed by atoms with E-state index in [-0.39, 0.29) is 27.4 Å². The fraction of sp³-hybridized carbons (Fsp3) is 0.500. The normalized spacial score (nSPS) is 26.0. The van der Waals surface area contributed by atoms with Crippen LogP contribution in [0.15, 0.2) is 23.2 Å². The van der Waals surface area contributed by atoms with E-state index < -0.39 is 44.7 Å². The number of amides is 1. The van der Waals surface area contributed by atoms with E-state index in [4.69, 9.17) is 11.6 Å². The van der Waals surface area contributed by atoms with Gasteiger partial charge in [0, 0.05) is 11.2 Å². The second-order valence-electron chi connectivity index (χ2n) is 6.72. The van der Waals surface area contributed by atoms with Gasteiger partial charge in [-0.05, 0) is 18.2 Å². The van der Waals surface area contributed by atoms with Crippen molar-refractivity contribution in [2.45, 2.75) is 31.3 Å². The first kappa shape index (κ1) is 20.5. The van der Waals surface area contributed by atoms with Gasteiger partial charge in [0.1, 0.15) is 0 Å². The molecule has 0 spiro atoms. The lowest BCUT2D eigenvalue weighted by Gasteiger charge is -2.26. The maximum absolute atomic E-state index is 13.1. The van der Waals surface area contributed by atoms with Crippen LogP contribution in [0, 0.1) is 5.92 Å². The summed E-state index contributed by atoms with van der Waals surface area (Å²) < 4.78 is 63.5. The van der Waals surface area contributed by atoms with Crippen LogP contribution in [-0.2, 0) is 20.8 Å². The number of fused-ring (bicyclic) bond motifs is 1. The molecule has 1 amide bonds. The standard InChI is InChI=1S/C16H16ClF3N2O3S2/c1-8(2)14(23)21-15-22(12-6-27(24,25)7-13(12)26-15)11-5-9(16(18,19)20)3-4-10(11)17/h3-5,8,12-13H,6-7H2,1-2H3/t12-,13-/m0/s1. The van der Waals surface area contributed by atoms with Crippen molar-refractivity contribution in [1.82, 2.24) is 0 Å². The first-order chi connectivity index (χ1) is 12.4. The number of carbonyl (C=O) groups excluding carboxylic acids is 1. The summed E-state index contributed by atoms with van der Waals surface area (Å²) in [6, 6.07) is 2.21. The molecule has 2 saturated heterocycles. The van der Waals surface area contributed by atoms with Crippen LogP contribution in [0.2, 0.25) is 5.02 Å². The molecule has 0 aliphatic carbocycles. The van der Waals surface area contributed by atoms with Crippen LogP contribution in [0.1, 0.15) is 19.4 Å². The Labute approximate surface area is 163 Å². The van der Waals surface area contributed by atoms with Gasteiger partial charge in [-0.3, -0.25) is 4.79 Å². The summed E-state index contributed by atoms with van der Waals surface area (Å²) in [5, 5.41) is -0.211. The third-order valence-electron chi connectivity index (χ3n) is 4.30. The van der Waals surface area contributed by atoms with Crippen LogP contribution in [0.4, 0.5) is 18.9 Å². The van der Waals surface area contributed by atoms with Gasteiger partial charge in [-0.15, -0.1) is 0 Å². The van der Waals surface area contributed by atoms with Crippen LogP contribution < -0.4 is 4.90 Å². The highest BCUT2D eigenvalue weighted by atomic mass is 35.5. The van der Waals surface area contributed by atoms with E-state index in [1.807, 2.05) is 0 Å². The molecule has 2 fully saturated rings. The molecule has 27 heavy (non-hydrogen) atoms. The number of carbonyl (C=O) groups is 1. The Morgan fingerprint density at radius 2 is 2.00 bits per heavy atom. The van der Waals surface area contributed by atoms with Gasteiger partial charge in [-0.25, -0.2) is 8.42 Å². The number of aliphatic imine (C=N–C) groups is 1. The maximum atomic E-state index is 13.1. The monoisotopic (exact) mass is 440 g/mol. The fourth-order valence-corrected chi connectivity index (χ4v) is 7.06. The van der Waals surface area contributed by atoms with Crippen molar-refractivity contribution in [2.75, 3.05) is 16.4 Å². The van der Waals surface area contributed by atoms with Crippen LogP contribution in [-0.4, -0.2) is 42.3 Å². The quantitative estimate of drug-likeness (QED) is 0.702. The molecule has 2 aliphatic heterocycles. The van der Waals surface area contributed by atoms with Crippen molar-refractivity contribution in [1.29, 1.82) is 0 Å². The number of hydrogen-bond donors (Lipinski definition) is 0. The third-order valence-corrected chi connectivity index (χ3v) is 7.83. The Hall–Kier alpha value is -1.26. The molecule has 0 radical (unpaired) electrons. The van der Waals surface area contributed by atoms with Crippen molar-refractivity contribution in [2.24, 2.45) is 10.9 Å². The highest BCUT2D eigenvalue weighted by molar-refractivity contribution is 8.16. The summed E-state index contributed by atoms with van der Waals surface area (Å²) in [6.07, 6.45) is -4.58. The summed E-state index contributed by atoms with van der Waals surface area (Å²) in [5.74, 6) is -1.19. The number of rotatable bonds is 2. The highest BCUT2D eigenvalue weighted by Gasteiger charge is 2.50. The van der Waals surface area contributed by atoms with Crippen molar-refractivity contribution in [3.8, 4) is 0 Å². The lowest BCUT2D eigenvalue weighted by Crippen LogP contribution is -2.38. The molecule has 0 aromatic heterocycles. The minimum atomic E-state index is -4.58. The molecular formula is C16H16ClF3N2O3S2. The lowest BCUT2D eigenvalue weighted by molar-refractivity contribution is -0.137. The molecule has 5 nitrogen and oxygen atoms in total. The van der Waals surface area contributed by atoms with Crippen molar-refractivity contribution < 1.29 is 26.4 Å². The van der Waals surface area contributed by atoms with E-state index in [1.165, 1.54) is 4.90 Å². The van der Waals surface area contributed by atoms with Gasteiger partial charge in [0.05, 0.1) is 33.8 Å². The Morgan fingerprint density at radius 3 is 2.59 bits per heavy atom.